The molecule has 4 nitrogen and oxygen atoms in total. The summed E-state index contributed by atoms with van der Waals surface area (Å²) in [7, 11) is 0. The number of carbonyl (C=O) groups excluding carboxylic acids is 1. The Morgan fingerprint density at radius 2 is 1.95 bits per heavy atom. The lowest BCUT2D eigenvalue weighted by Crippen LogP contribution is -2.29. The van der Waals surface area contributed by atoms with Gasteiger partial charge in [0.1, 0.15) is 5.56 Å². The molecule has 0 bridgehead atoms. The maximum absolute atomic E-state index is 12.0. The Balaban J connectivity index is 2.22. The number of aromatic nitrogens is 1. The molecule has 0 aliphatic heterocycles. The molecule has 4 heteroatoms. The topological polar surface area (TPSA) is 62.0 Å². The van der Waals surface area contributed by atoms with Gasteiger partial charge in [0.2, 0.25) is 0 Å². The summed E-state index contributed by atoms with van der Waals surface area (Å²) in [6, 6.07) is 12.8. The van der Waals surface area contributed by atoms with Gasteiger partial charge < -0.3 is 10.3 Å². The summed E-state index contributed by atoms with van der Waals surface area (Å²) in [5.74, 6) is -0.371. The molecular weight excluding hydrogens is 252 g/mol. The third-order valence-corrected chi connectivity index (χ3v) is 2.86. The van der Waals surface area contributed by atoms with Crippen LogP contribution in [0.2, 0.25) is 0 Å². The Morgan fingerprint density at radius 1 is 1.20 bits per heavy atom. The van der Waals surface area contributed by atoms with Crippen molar-refractivity contribution in [2.24, 2.45) is 0 Å². The van der Waals surface area contributed by atoms with E-state index >= 15 is 0 Å². The van der Waals surface area contributed by atoms with Gasteiger partial charge in [0, 0.05) is 12.2 Å². The number of hydrogen-bond acceptors (Lipinski definition) is 2. The summed E-state index contributed by atoms with van der Waals surface area (Å²) < 4.78 is 0. The second-order valence-corrected chi connectivity index (χ2v) is 4.26. The van der Waals surface area contributed by atoms with Crippen molar-refractivity contribution in [2.45, 2.75) is 6.92 Å². The molecule has 20 heavy (non-hydrogen) atoms. The zero-order valence-electron chi connectivity index (χ0n) is 11.2. The maximum Gasteiger partial charge on any atom is 0.261 e. The summed E-state index contributed by atoms with van der Waals surface area (Å²) in [5, 5.41) is 2.65. The van der Waals surface area contributed by atoms with Gasteiger partial charge in [-0.3, -0.25) is 9.59 Å². The third-order valence-electron chi connectivity index (χ3n) is 2.86. The van der Waals surface area contributed by atoms with Crippen LogP contribution < -0.4 is 10.9 Å². The number of carbonyl (C=O) groups is 1. The molecule has 0 saturated carbocycles. The molecule has 0 radical (unpaired) electrons. The fourth-order valence-corrected chi connectivity index (χ4v) is 1.80. The average molecular weight is 268 g/mol. The van der Waals surface area contributed by atoms with Gasteiger partial charge in [-0.15, -0.1) is 0 Å². The molecule has 2 aromatic rings. The molecule has 2 N–H and O–H groups in total. The summed E-state index contributed by atoms with van der Waals surface area (Å²) in [6.07, 6.45) is 3.65. The molecule has 0 spiro atoms. The quantitative estimate of drug-likeness (QED) is 0.836. The van der Waals surface area contributed by atoms with Crippen molar-refractivity contribution in [2.75, 3.05) is 6.54 Å². The van der Waals surface area contributed by atoms with Crippen molar-refractivity contribution in [3.05, 3.63) is 70.5 Å². The third kappa shape index (κ3) is 3.23. The minimum Gasteiger partial charge on any atom is -0.348 e. The molecule has 0 saturated heterocycles. The predicted octanol–water partition coefficient (Wildman–Crippen LogP) is 2.35. The Labute approximate surface area is 117 Å². The lowest BCUT2D eigenvalue weighted by Gasteiger charge is -2.04. The Bertz CT molecular complexity index is 672. The van der Waals surface area contributed by atoms with E-state index in [1.165, 1.54) is 0 Å². The molecule has 0 aliphatic rings. The highest BCUT2D eigenvalue weighted by molar-refractivity contribution is 5.94. The van der Waals surface area contributed by atoms with E-state index in [2.05, 4.69) is 10.3 Å². The molecule has 0 fully saturated rings. The van der Waals surface area contributed by atoms with Crippen molar-refractivity contribution in [3.63, 3.8) is 0 Å². The summed E-state index contributed by atoms with van der Waals surface area (Å²) in [5.41, 5.74) is 1.34. The SMILES string of the molecule is C/C=C/CNC(=O)c1ccc(-c2ccccc2)[nH]c1=O. The number of rotatable bonds is 4. The Hall–Kier alpha value is -2.62. The Kier molecular flexibility index (Phi) is 4.50. The van der Waals surface area contributed by atoms with Crippen LogP contribution in [0.1, 0.15) is 17.3 Å². The molecule has 1 aromatic carbocycles. The summed E-state index contributed by atoms with van der Waals surface area (Å²) in [6.45, 7) is 2.28. The smallest absolute Gasteiger partial charge is 0.261 e. The van der Waals surface area contributed by atoms with E-state index in [1.54, 1.807) is 12.1 Å². The number of amides is 1. The first-order chi connectivity index (χ1) is 9.72. The zero-order chi connectivity index (χ0) is 14.4. The van der Waals surface area contributed by atoms with Crippen LogP contribution in [0.3, 0.4) is 0 Å². The van der Waals surface area contributed by atoms with E-state index in [9.17, 15) is 9.59 Å². The van der Waals surface area contributed by atoms with Crippen LogP contribution >= 0.6 is 0 Å². The summed E-state index contributed by atoms with van der Waals surface area (Å²) >= 11 is 0. The van der Waals surface area contributed by atoms with E-state index < -0.39 is 0 Å². The summed E-state index contributed by atoms with van der Waals surface area (Å²) in [4.78, 5) is 26.5. The van der Waals surface area contributed by atoms with Crippen molar-refractivity contribution in [1.29, 1.82) is 0 Å². The first-order valence-corrected chi connectivity index (χ1v) is 6.40. The number of aromatic amines is 1. The van der Waals surface area contributed by atoms with Gasteiger partial charge in [-0.1, -0.05) is 42.5 Å². The van der Waals surface area contributed by atoms with E-state index in [1.807, 2.05) is 49.4 Å². The number of allylic oxidation sites excluding steroid dienone is 1. The average Bonchev–Trinajstić information content (AvgIpc) is 2.48. The van der Waals surface area contributed by atoms with Crippen LogP contribution in [0.4, 0.5) is 0 Å². The lowest BCUT2D eigenvalue weighted by atomic mass is 10.1. The second kappa shape index (κ2) is 6.52. The zero-order valence-corrected chi connectivity index (χ0v) is 11.2. The molecule has 102 valence electrons. The van der Waals surface area contributed by atoms with Gasteiger partial charge in [-0.25, -0.2) is 0 Å². The molecule has 0 aliphatic carbocycles. The maximum atomic E-state index is 12.0. The number of benzene rings is 1. The van der Waals surface area contributed by atoms with Crippen LogP contribution in [-0.4, -0.2) is 17.4 Å². The largest absolute Gasteiger partial charge is 0.348 e. The van der Waals surface area contributed by atoms with Crippen LogP contribution in [-0.2, 0) is 0 Å². The number of pyridine rings is 1. The second-order valence-electron chi connectivity index (χ2n) is 4.26. The molecule has 0 atom stereocenters. The van der Waals surface area contributed by atoms with E-state index in [-0.39, 0.29) is 17.0 Å². The molecule has 1 heterocycles. The van der Waals surface area contributed by atoms with Gasteiger partial charge >= 0.3 is 0 Å². The fraction of sp³-hybridized carbons (Fsp3) is 0.125. The highest BCUT2D eigenvalue weighted by Gasteiger charge is 2.10. The van der Waals surface area contributed by atoms with Crippen LogP contribution in [0, 0.1) is 0 Å². The first kappa shape index (κ1) is 13.8. The predicted molar refractivity (Wildman–Crippen MR) is 79.6 cm³/mol. The number of H-pyrrole nitrogens is 1. The van der Waals surface area contributed by atoms with Crippen molar-refractivity contribution in [1.82, 2.24) is 10.3 Å². The van der Waals surface area contributed by atoms with Crippen LogP contribution in [0.5, 0.6) is 0 Å². The highest BCUT2D eigenvalue weighted by Crippen LogP contribution is 2.14. The first-order valence-electron chi connectivity index (χ1n) is 6.40. The molecule has 2 rings (SSSR count). The minimum absolute atomic E-state index is 0.120. The van der Waals surface area contributed by atoms with Gasteiger partial charge in [0.05, 0.1) is 0 Å². The molecule has 1 aromatic heterocycles. The van der Waals surface area contributed by atoms with E-state index in [4.69, 9.17) is 0 Å². The number of hydrogen-bond donors (Lipinski definition) is 2. The lowest BCUT2D eigenvalue weighted by molar-refractivity contribution is 0.0956. The Morgan fingerprint density at radius 3 is 2.60 bits per heavy atom. The van der Waals surface area contributed by atoms with E-state index in [0.29, 0.717) is 12.2 Å². The molecular formula is C16H16N2O2. The van der Waals surface area contributed by atoms with Gasteiger partial charge in [-0.05, 0) is 24.6 Å². The van der Waals surface area contributed by atoms with Crippen molar-refractivity contribution < 1.29 is 4.79 Å². The number of nitrogens with one attached hydrogen (secondary N) is 2. The van der Waals surface area contributed by atoms with Gasteiger partial charge in [-0.2, -0.15) is 0 Å². The monoisotopic (exact) mass is 268 g/mol. The minimum atomic E-state index is -0.385. The van der Waals surface area contributed by atoms with E-state index in [0.717, 1.165) is 5.56 Å². The van der Waals surface area contributed by atoms with Gasteiger partial charge in [0.25, 0.3) is 11.5 Å². The van der Waals surface area contributed by atoms with Crippen LogP contribution in [0.15, 0.2) is 59.4 Å². The van der Waals surface area contributed by atoms with Crippen LogP contribution in [0.25, 0.3) is 11.3 Å². The molecule has 1 amide bonds. The van der Waals surface area contributed by atoms with Crippen molar-refractivity contribution in [3.8, 4) is 11.3 Å². The molecule has 0 unspecified atom stereocenters. The fourth-order valence-electron chi connectivity index (χ4n) is 1.80. The highest BCUT2D eigenvalue weighted by atomic mass is 16.2. The van der Waals surface area contributed by atoms with Gasteiger partial charge in [0.15, 0.2) is 0 Å². The standard InChI is InChI=1S/C16H16N2O2/c1-2-3-11-17-15(19)13-9-10-14(18-16(13)20)12-7-5-4-6-8-12/h2-10H,11H2,1H3,(H,17,19)(H,18,20)/b3-2+. The normalized spacial score (nSPS) is 10.7. The van der Waals surface area contributed by atoms with Crippen molar-refractivity contribution >= 4 is 5.91 Å².